The minimum absolute atomic E-state index is 0.444. The van der Waals surface area contributed by atoms with Crippen molar-refractivity contribution in [1.82, 2.24) is 10.3 Å². The first-order valence-electron chi connectivity index (χ1n) is 4.38. The summed E-state index contributed by atoms with van der Waals surface area (Å²) >= 11 is 0. The SMILES string of the molecule is CNC(CCCN)c1cc[nH]c1. The molecule has 12 heavy (non-hydrogen) atoms. The monoisotopic (exact) mass is 167 g/mol. The van der Waals surface area contributed by atoms with Crippen molar-refractivity contribution in [1.29, 1.82) is 0 Å². The van der Waals surface area contributed by atoms with Crippen LogP contribution >= 0.6 is 0 Å². The van der Waals surface area contributed by atoms with Gasteiger partial charge in [0.25, 0.3) is 0 Å². The van der Waals surface area contributed by atoms with Gasteiger partial charge < -0.3 is 16.0 Å². The van der Waals surface area contributed by atoms with E-state index in [1.54, 1.807) is 0 Å². The summed E-state index contributed by atoms with van der Waals surface area (Å²) in [6, 6.07) is 2.54. The van der Waals surface area contributed by atoms with Gasteiger partial charge in [-0.05, 0) is 38.1 Å². The molecule has 68 valence electrons. The maximum atomic E-state index is 5.45. The van der Waals surface area contributed by atoms with Crippen LogP contribution in [0.1, 0.15) is 24.4 Å². The van der Waals surface area contributed by atoms with Gasteiger partial charge >= 0.3 is 0 Å². The van der Waals surface area contributed by atoms with E-state index in [0.29, 0.717) is 6.04 Å². The molecule has 0 aliphatic heterocycles. The van der Waals surface area contributed by atoms with Crippen molar-refractivity contribution in [2.45, 2.75) is 18.9 Å². The van der Waals surface area contributed by atoms with E-state index in [1.807, 2.05) is 19.4 Å². The highest BCUT2D eigenvalue weighted by molar-refractivity contribution is 5.13. The minimum atomic E-state index is 0.444. The molecule has 4 N–H and O–H groups in total. The summed E-state index contributed by atoms with van der Waals surface area (Å²) in [5, 5.41) is 3.26. The third-order valence-corrected chi connectivity index (χ3v) is 2.07. The van der Waals surface area contributed by atoms with Crippen LogP contribution in [-0.4, -0.2) is 18.6 Å². The average molecular weight is 167 g/mol. The molecule has 0 bridgehead atoms. The average Bonchev–Trinajstić information content (AvgIpc) is 2.59. The van der Waals surface area contributed by atoms with Crippen molar-refractivity contribution in [3.63, 3.8) is 0 Å². The molecule has 3 heteroatoms. The number of nitrogens with one attached hydrogen (secondary N) is 2. The largest absolute Gasteiger partial charge is 0.367 e. The zero-order chi connectivity index (χ0) is 8.81. The molecule has 1 aromatic rings. The second-order valence-electron chi connectivity index (χ2n) is 2.92. The second kappa shape index (κ2) is 4.95. The summed E-state index contributed by atoms with van der Waals surface area (Å²) in [6.45, 7) is 0.766. The van der Waals surface area contributed by atoms with E-state index in [4.69, 9.17) is 5.73 Å². The Balaban J connectivity index is 2.45. The fourth-order valence-corrected chi connectivity index (χ4v) is 1.35. The highest BCUT2D eigenvalue weighted by Gasteiger charge is 2.07. The third kappa shape index (κ3) is 2.36. The van der Waals surface area contributed by atoms with Crippen LogP contribution in [0.25, 0.3) is 0 Å². The van der Waals surface area contributed by atoms with Crippen molar-refractivity contribution >= 4 is 0 Å². The van der Waals surface area contributed by atoms with Crippen molar-refractivity contribution < 1.29 is 0 Å². The Morgan fingerprint density at radius 3 is 3.00 bits per heavy atom. The summed E-state index contributed by atoms with van der Waals surface area (Å²) in [7, 11) is 1.98. The van der Waals surface area contributed by atoms with Gasteiger partial charge in [-0.25, -0.2) is 0 Å². The number of H-pyrrole nitrogens is 1. The summed E-state index contributed by atoms with van der Waals surface area (Å²) in [5.74, 6) is 0. The quantitative estimate of drug-likeness (QED) is 0.613. The zero-order valence-electron chi connectivity index (χ0n) is 7.51. The minimum Gasteiger partial charge on any atom is -0.367 e. The molecular weight excluding hydrogens is 150 g/mol. The van der Waals surface area contributed by atoms with Gasteiger partial charge in [0.15, 0.2) is 0 Å². The molecular formula is C9H17N3. The molecule has 1 heterocycles. The summed E-state index contributed by atoms with van der Waals surface area (Å²) in [4.78, 5) is 3.05. The molecule has 1 aromatic heterocycles. The molecule has 0 fully saturated rings. The summed E-state index contributed by atoms with van der Waals surface area (Å²) in [6.07, 6.45) is 6.14. The standard InChI is InChI=1S/C9H17N3/c1-11-9(3-2-5-10)8-4-6-12-7-8/h4,6-7,9,11-12H,2-3,5,10H2,1H3. The van der Waals surface area contributed by atoms with Crippen LogP contribution in [0, 0.1) is 0 Å². The van der Waals surface area contributed by atoms with Crippen LogP contribution < -0.4 is 11.1 Å². The molecule has 3 nitrogen and oxygen atoms in total. The molecule has 0 radical (unpaired) electrons. The maximum absolute atomic E-state index is 5.45. The van der Waals surface area contributed by atoms with Crippen LogP contribution in [0.5, 0.6) is 0 Å². The Kier molecular flexibility index (Phi) is 3.84. The molecule has 0 saturated heterocycles. The number of nitrogens with two attached hydrogens (primary N) is 1. The lowest BCUT2D eigenvalue weighted by molar-refractivity contribution is 0.532. The normalized spacial score (nSPS) is 13.2. The number of hydrogen-bond acceptors (Lipinski definition) is 2. The summed E-state index contributed by atoms with van der Waals surface area (Å²) in [5.41, 5.74) is 6.76. The number of hydrogen-bond donors (Lipinski definition) is 3. The Hall–Kier alpha value is -0.800. The van der Waals surface area contributed by atoms with E-state index >= 15 is 0 Å². The van der Waals surface area contributed by atoms with E-state index in [2.05, 4.69) is 16.4 Å². The second-order valence-corrected chi connectivity index (χ2v) is 2.92. The fraction of sp³-hybridized carbons (Fsp3) is 0.556. The molecule has 0 saturated carbocycles. The number of aromatic amines is 1. The first kappa shape index (κ1) is 9.29. The maximum Gasteiger partial charge on any atom is 0.0332 e. The van der Waals surface area contributed by atoms with Crippen LogP contribution in [0.15, 0.2) is 18.5 Å². The predicted octanol–water partition coefficient (Wildman–Crippen LogP) is 1.01. The highest BCUT2D eigenvalue weighted by atomic mass is 14.9. The van der Waals surface area contributed by atoms with Gasteiger partial charge in [-0.3, -0.25) is 0 Å². The fourth-order valence-electron chi connectivity index (χ4n) is 1.35. The lowest BCUT2D eigenvalue weighted by Gasteiger charge is -2.13. The van der Waals surface area contributed by atoms with E-state index in [1.165, 1.54) is 5.56 Å². The van der Waals surface area contributed by atoms with E-state index in [9.17, 15) is 0 Å². The van der Waals surface area contributed by atoms with Crippen molar-refractivity contribution in [3.05, 3.63) is 24.0 Å². The van der Waals surface area contributed by atoms with E-state index in [-0.39, 0.29) is 0 Å². The number of aromatic nitrogens is 1. The topological polar surface area (TPSA) is 53.8 Å². The van der Waals surface area contributed by atoms with Gasteiger partial charge in [0, 0.05) is 18.4 Å². The Morgan fingerprint density at radius 1 is 1.67 bits per heavy atom. The number of rotatable bonds is 5. The van der Waals surface area contributed by atoms with E-state index in [0.717, 1.165) is 19.4 Å². The van der Waals surface area contributed by atoms with Crippen molar-refractivity contribution in [2.75, 3.05) is 13.6 Å². The van der Waals surface area contributed by atoms with Gasteiger partial charge in [-0.2, -0.15) is 0 Å². The highest BCUT2D eigenvalue weighted by Crippen LogP contribution is 2.16. The Bertz CT molecular complexity index is 194. The van der Waals surface area contributed by atoms with Gasteiger partial charge in [-0.1, -0.05) is 0 Å². The first-order valence-corrected chi connectivity index (χ1v) is 4.38. The van der Waals surface area contributed by atoms with Gasteiger partial charge in [0.2, 0.25) is 0 Å². The van der Waals surface area contributed by atoms with Crippen LogP contribution in [-0.2, 0) is 0 Å². The molecule has 1 atom stereocenters. The van der Waals surface area contributed by atoms with Gasteiger partial charge in [0.05, 0.1) is 0 Å². The lowest BCUT2D eigenvalue weighted by Crippen LogP contribution is -2.16. The van der Waals surface area contributed by atoms with Crippen LogP contribution in [0.3, 0.4) is 0 Å². The molecule has 0 aromatic carbocycles. The zero-order valence-corrected chi connectivity index (χ0v) is 7.51. The first-order chi connectivity index (χ1) is 5.88. The van der Waals surface area contributed by atoms with Crippen molar-refractivity contribution in [2.24, 2.45) is 5.73 Å². The van der Waals surface area contributed by atoms with Crippen LogP contribution in [0.4, 0.5) is 0 Å². The molecule has 1 rings (SSSR count). The van der Waals surface area contributed by atoms with Gasteiger partial charge in [0.1, 0.15) is 0 Å². The molecule has 0 spiro atoms. The lowest BCUT2D eigenvalue weighted by atomic mass is 10.1. The van der Waals surface area contributed by atoms with Gasteiger partial charge in [-0.15, -0.1) is 0 Å². The molecule has 0 amide bonds. The summed E-state index contributed by atoms with van der Waals surface area (Å²) < 4.78 is 0. The Morgan fingerprint density at radius 2 is 2.50 bits per heavy atom. The molecule has 0 aliphatic rings. The predicted molar refractivity (Wildman–Crippen MR) is 50.9 cm³/mol. The van der Waals surface area contributed by atoms with Crippen molar-refractivity contribution in [3.8, 4) is 0 Å². The Labute approximate surface area is 73.4 Å². The van der Waals surface area contributed by atoms with Crippen LogP contribution in [0.2, 0.25) is 0 Å². The smallest absolute Gasteiger partial charge is 0.0332 e. The van der Waals surface area contributed by atoms with E-state index < -0.39 is 0 Å². The third-order valence-electron chi connectivity index (χ3n) is 2.07. The molecule has 1 unspecified atom stereocenters. The molecule has 0 aliphatic carbocycles.